The summed E-state index contributed by atoms with van der Waals surface area (Å²) in [7, 11) is 0. The van der Waals surface area contributed by atoms with Crippen molar-refractivity contribution < 1.29 is 9.59 Å². The molecule has 2 aliphatic heterocycles. The number of nitrogens with zero attached hydrogens (tertiary/aromatic N) is 2. The zero-order valence-corrected chi connectivity index (χ0v) is 18.6. The molecule has 164 valence electrons. The first-order valence-electron chi connectivity index (χ1n) is 10.9. The van der Waals surface area contributed by atoms with Gasteiger partial charge in [0.05, 0.1) is 5.41 Å². The van der Waals surface area contributed by atoms with E-state index in [2.05, 4.69) is 22.5 Å². The maximum Gasteiger partial charge on any atom is 0.321 e. The van der Waals surface area contributed by atoms with Gasteiger partial charge < -0.3 is 15.5 Å². The van der Waals surface area contributed by atoms with Crippen LogP contribution in [0.5, 0.6) is 0 Å². The van der Waals surface area contributed by atoms with Gasteiger partial charge in [-0.05, 0) is 62.7 Å². The van der Waals surface area contributed by atoms with E-state index in [1.54, 1.807) is 12.1 Å². The predicted octanol–water partition coefficient (Wildman–Crippen LogP) is 4.69. The predicted molar refractivity (Wildman–Crippen MR) is 124 cm³/mol. The highest BCUT2D eigenvalue weighted by atomic mass is 35.5. The first-order chi connectivity index (χ1) is 15.0. The molecule has 4 rings (SSSR count). The van der Waals surface area contributed by atoms with Crippen molar-refractivity contribution in [1.29, 1.82) is 0 Å². The Hall–Kier alpha value is -2.57. The second kappa shape index (κ2) is 9.28. The molecule has 2 aromatic carbocycles. The van der Waals surface area contributed by atoms with Crippen LogP contribution >= 0.6 is 11.6 Å². The number of urea groups is 1. The van der Waals surface area contributed by atoms with E-state index < -0.39 is 5.41 Å². The lowest BCUT2D eigenvalue weighted by molar-refractivity contribution is -0.127. The van der Waals surface area contributed by atoms with Crippen LogP contribution in [0, 0.1) is 5.41 Å². The maximum atomic E-state index is 13.5. The van der Waals surface area contributed by atoms with Crippen molar-refractivity contribution in [2.24, 2.45) is 5.41 Å². The van der Waals surface area contributed by atoms with E-state index in [0.717, 1.165) is 31.6 Å². The number of carbonyl (C=O) groups excluding carboxylic acids is 2. The number of nitrogens with one attached hydrogen (secondary N) is 2. The molecule has 2 N–H and O–H groups in total. The van der Waals surface area contributed by atoms with Gasteiger partial charge >= 0.3 is 6.03 Å². The SMILES string of the molecule is CCN1CC[C@]2(C(=O)Nc3ccccc3)CCN(C(=O)Nc3cccc(Cl)c3)CC[C@H]12. The number of likely N-dealkylation sites (tertiary alicyclic amines) is 2. The van der Waals surface area contributed by atoms with Crippen molar-refractivity contribution in [3.63, 3.8) is 0 Å². The number of hydrogen-bond acceptors (Lipinski definition) is 3. The quantitative estimate of drug-likeness (QED) is 0.725. The summed E-state index contributed by atoms with van der Waals surface area (Å²) in [6, 6.07) is 16.7. The molecule has 6 nitrogen and oxygen atoms in total. The number of halogens is 1. The lowest BCUT2D eigenvalue weighted by atomic mass is 9.75. The molecule has 0 unspecified atom stereocenters. The second-order valence-corrected chi connectivity index (χ2v) is 8.77. The van der Waals surface area contributed by atoms with Gasteiger partial charge in [0.1, 0.15) is 0 Å². The molecule has 0 spiro atoms. The number of hydrogen-bond donors (Lipinski definition) is 2. The third-order valence-corrected chi connectivity index (χ3v) is 6.91. The van der Waals surface area contributed by atoms with Crippen molar-refractivity contribution in [1.82, 2.24) is 9.80 Å². The summed E-state index contributed by atoms with van der Waals surface area (Å²) in [5, 5.41) is 6.66. The number of carbonyl (C=O) groups is 2. The van der Waals surface area contributed by atoms with Crippen molar-refractivity contribution >= 4 is 34.9 Å². The smallest absolute Gasteiger partial charge is 0.321 e. The third-order valence-electron chi connectivity index (χ3n) is 6.68. The molecule has 31 heavy (non-hydrogen) atoms. The Balaban J connectivity index is 1.51. The lowest BCUT2D eigenvalue weighted by Crippen LogP contribution is -2.47. The maximum absolute atomic E-state index is 13.5. The Morgan fingerprint density at radius 2 is 1.74 bits per heavy atom. The highest BCUT2D eigenvalue weighted by Crippen LogP contribution is 2.44. The van der Waals surface area contributed by atoms with Crippen LogP contribution in [0.25, 0.3) is 0 Å². The Labute approximate surface area is 188 Å². The van der Waals surface area contributed by atoms with E-state index >= 15 is 0 Å². The molecule has 2 saturated heterocycles. The first kappa shape index (κ1) is 21.7. The number of amides is 3. The van der Waals surface area contributed by atoms with Gasteiger partial charge in [-0.2, -0.15) is 0 Å². The fraction of sp³-hybridized carbons (Fsp3) is 0.417. The molecule has 2 aromatic rings. The van der Waals surface area contributed by atoms with Crippen molar-refractivity contribution in [3.8, 4) is 0 Å². The van der Waals surface area contributed by atoms with Gasteiger partial charge in [-0.25, -0.2) is 4.79 Å². The van der Waals surface area contributed by atoms with Crippen LogP contribution in [0.4, 0.5) is 16.2 Å². The summed E-state index contributed by atoms with van der Waals surface area (Å²) in [4.78, 5) is 30.7. The molecular weight excluding hydrogens is 412 g/mol. The molecule has 0 bridgehead atoms. The Kier molecular flexibility index (Phi) is 6.49. The molecule has 7 heteroatoms. The van der Waals surface area contributed by atoms with E-state index in [-0.39, 0.29) is 18.0 Å². The summed E-state index contributed by atoms with van der Waals surface area (Å²) in [6.07, 6.45) is 2.24. The molecule has 0 aromatic heterocycles. The molecular formula is C24H29ClN4O2. The molecule has 0 radical (unpaired) electrons. The second-order valence-electron chi connectivity index (χ2n) is 8.34. The van der Waals surface area contributed by atoms with Crippen LogP contribution in [0.15, 0.2) is 54.6 Å². The van der Waals surface area contributed by atoms with Crippen LogP contribution in [0.2, 0.25) is 5.02 Å². The normalized spacial score (nSPS) is 23.7. The minimum Gasteiger partial charge on any atom is -0.326 e. The van der Waals surface area contributed by atoms with Gasteiger partial charge in [-0.15, -0.1) is 0 Å². The molecule has 0 saturated carbocycles. The molecule has 0 aliphatic carbocycles. The Morgan fingerprint density at radius 3 is 2.48 bits per heavy atom. The van der Waals surface area contributed by atoms with Gasteiger partial charge in [0.15, 0.2) is 0 Å². The van der Waals surface area contributed by atoms with E-state index in [1.807, 2.05) is 47.4 Å². The lowest BCUT2D eigenvalue weighted by Gasteiger charge is -2.35. The minimum atomic E-state index is -0.489. The summed E-state index contributed by atoms with van der Waals surface area (Å²) < 4.78 is 0. The van der Waals surface area contributed by atoms with Crippen molar-refractivity contribution in [3.05, 3.63) is 59.6 Å². The Morgan fingerprint density at radius 1 is 1.00 bits per heavy atom. The third kappa shape index (κ3) is 4.55. The topological polar surface area (TPSA) is 64.7 Å². The Bertz CT molecular complexity index is 938. The van der Waals surface area contributed by atoms with Gasteiger partial charge in [0, 0.05) is 35.5 Å². The molecule has 3 amide bonds. The molecule has 2 fully saturated rings. The van der Waals surface area contributed by atoms with Gasteiger partial charge in [-0.1, -0.05) is 42.8 Å². The number of fused-ring (bicyclic) bond motifs is 1. The van der Waals surface area contributed by atoms with Gasteiger partial charge in [0.2, 0.25) is 5.91 Å². The van der Waals surface area contributed by atoms with Crippen LogP contribution in [0.3, 0.4) is 0 Å². The monoisotopic (exact) mass is 440 g/mol. The fourth-order valence-corrected chi connectivity index (χ4v) is 5.19. The fourth-order valence-electron chi connectivity index (χ4n) is 5.00. The average molecular weight is 441 g/mol. The standard InChI is InChI=1S/C24H29ClN4O2/c1-2-28-15-12-24(22(30)26-19-8-4-3-5-9-19)13-16-29(14-11-21(24)28)23(31)27-20-10-6-7-18(25)17-20/h3-10,17,21H,2,11-16H2,1H3,(H,26,30)(H,27,31)/t21-,24-/m0/s1. The minimum absolute atomic E-state index is 0.0664. The van der Waals surface area contributed by atoms with Crippen LogP contribution in [-0.2, 0) is 4.79 Å². The summed E-state index contributed by atoms with van der Waals surface area (Å²) >= 11 is 6.04. The first-order valence-corrected chi connectivity index (χ1v) is 11.3. The molecule has 2 atom stereocenters. The highest BCUT2D eigenvalue weighted by Gasteiger charge is 2.53. The van der Waals surface area contributed by atoms with Crippen molar-refractivity contribution in [2.75, 3.05) is 36.8 Å². The van der Waals surface area contributed by atoms with Crippen LogP contribution in [0.1, 0.15) is 26.2 Å². The number of anilines is 2. The zero-order valence-electron chi connectivity index (χ0n) is 17.8. The molecule has 2 heterocycles. The summed E-state index contributed by atoms with van der Waals surface area (Å²) in [6.45, 7) is 5.12. The molecule has 2 aliphatic rings. The summed E-state index contributed by atoms with van der Waals surface area (Å²) in [5.74, 6) is 0.0664. The van der Waals surface area contributed by atoms with E-state index in [0.29, 0.717) is 30.2 Å². The van der Waals surface area contributed by atoms with Gasteiger partial charge in [0.25, 0.3) is 0 Å². The number of rotatable bonds is 4. The largest absolute Gasteiger partial charge is 0.326 e. The van der Waals surface area contributed by atoms with Gasteiger partial charge in [-0.3, -0.25) is 9.69 Å². The van der Waals surface area contributed by atoms with E-state index in [4.69, 9.17) is 11.6 Å². The van der Waals surface area contributed by atoms with Crippen molar-refractivity contribution in [2.45, 2.75) is 32.2 Å². The van der Waals surface area contributed by atoms with Crippen LogP contribution < -0.4 is 10.6 Å². The van der Waals surface area contributed by atoms with E-state index in [9.17, 15) is 9.59 Å². The highest BCUT2D eigenvalue weighted by molar-refractivity contribution is 6.30. The van der Waals surface area contributed by atoms with Crippen LogP contribution in [-0.4, -0.2) is 54.0 Å². The number of para-hydroxylation sites is 1. The zero-order chi connectivity index (χ0) is 21.8. The van der Waals surface area contributed by atoms with E-state index in [1.165, 1.54) is 0 Å². The average Bonchev–Trinajstić information content (AvgIpc) is 3.01. The summed E-state index contributed by atoms with van der Waals surface area (Å²) in [5.41, 5.74) is 1.00. The number of benzene rings is 2.